The Morgan fingerprint density at radius 3 is 2.75 bits per heavy atom. The molecule has 0 amide bonds. The highest BCUT2D eigenvalue weighted by Crippen LogP contribution is 2.26. The second kappa shape index (κ2) is 6.30. The summed E-state index contributed by atoms with van der Waals surface area (Å²) in [5.41, 5.74) is 1.07. The van der Waals surface area contributed by atoms with E-state index in [1.807, 2.05) is 18.2 Å². The summed E-state index contributed by atoms with van der Waals surface area (Å²) in [4.78, 5) is 0. The minimum absolute atomic E-state index is 0.0923. The van der Waals surface area contributed by atoms with Crippen molar-refractivity contribution in [3.8, 4) is 12.3 Å². The molecule has 0 saturated heterocycles. The van der Waals surface area contributed by atoms with E-state index < -0.39 is 0 Å². The minimum atomic E-state index is 0.0923. The summed E-state index contributed by atoms with van der Waals surface area (Å²) < 4.78 is 0.984. The summed E-state index contributed by atoms with van der Waals surface area (Å²) in [5.74, 6) is 2.72. The van der Waals surface area contributed by atoms with Gasteiger partial charge < -0.3 is 0 Å². The zero-order valence-corrected chi connectivity index (χ0v) is 11.8. The lowest BCUT2D eigenvalue weighted by Gasteiger charge is -2.19. The van der Waals surface area contributed by atoms with Crippen LogP contribution in [-0.2, 0) is 0 Å². The molecular formula is C13H15BrClN. The molecule has 0 aliphatic rings. The van der Waals surface area contributed by atoms with Gasteiger partial charge in [0.1, 0.15) is 0 Å². The first kappa shape index (κ1) is 13.6. The van der Waals surface area contributed by atoms with Crippen molar-refractivity contribution in [3.63, 3.8) is 0 Å². The molecule has 0 bridgehead atoms. The van der Waals surface area contributed by atoms with Crippen molar-refractivity contribution in [1.82, 2.24) is 5.32 Å². The molecular weight excluding hydrogens is 286 g/mol. The predicted octanol–water partition coefficient (Wildman–Crippen LogP) is 4.16. The van der Waals surface area contributed by atoms with Gasteiger partial charge in [0, 0.05) is 15.5 Å². The van der Waals surface area contributed by atoms with Gasteiger partial charge in [0.15, 0.2) is 0 Å². The standard InChI is InChI=1S/C13H15BrClN/c1-4-11(5-2)16-9(3)12-7-6-10(14)8-13(12)15/h1,6-9,11,16H,5H2,2-3H3. The second-order valence-electron chi connectivity index (χ2n) is 3.68. The van der Waals surface area contributed by atoms with Gasteiger partial charge >= 0.3 is 0 Å². The minimum Gasteiger partial charge on any atom is -0.297 e. The molecule has 0 aromatic heterocycles. The van der Waals surface area contributed by atoms with Crippen molar-refractivity contribution in [3.05, 3.63) is 33.3 Å². The predicted molar refractivity (Wildman–Crippen MR) is 73.6 cm³/mol. The molecule has 86 valence electrons. The number of hydrogen-bond acceptors (Lipinski definition) is 1. The van der Waals surface area contributed by atoms with E-state index in [1.54, 1.807) is 0 Å². The first-order valence-corrected chi connectivity index (χ1v) is 6.42. The van der Waals surface area contributed by atoms with E-state index in [4.69, 9.17) is 18.0 Å². The number of rotatable bonds is 4. The highest BCUT2D eigenvalue weighted by Gasteiger charge is 2.12. The van der Waals surface area contributed by atoms with E-state index in [1.165, 1.54) is 0 Å². The number of terminal acetylenes is 1. The van der Waals surface area contributed by atoms with Gasteiger partial charge in [-0.05, 0) is 31.0 Å². The number of nitrogens with one attached hydrogen (secondary N) is 1. The Kier molecular flexibility index (Phi) is 5.34. The van der Waals surface area contributed by atoms with E-state index in [9.17, 15) is 0 Å². The highest BCUT2D eigenvalue weighted by molar-refractivity contribution is 9.10. The summed E-state index contributed by atoms with van der Waals surface area (Å²) in [6, 6.07) is 6.13. The molecule has 16 heavy (non-hydrogen) atoms. The largest absolute Gasteiger partial charge is 0.297 e. The Balaban J connectivity index is 2.81. The molecule has 0 saturated carbocycles. The molecule has 0 aliphatic heterocycles. The first-order valence-electron chi connectivity index (χ1n) is 5.25. The molecule has 1 aromatic rings. The average molecular weight is 301 g/mol. The molecule has 2 unspecified atom stereocenters. The molecule has 0 heterocycles. The summed E-state index contributed by atoms with van der Waals surface area (Å²) in [6.07, 6.45) is 6.33. The van der Waals surface area contributed by atoms with Crippen LogP contribution in [0.25, 0.3) is 0 Å². The average Bonchev–Trinajstić information content (AvgIpc) is 2.25. The van der Waals surface area contributed by atoms with E-state index in [2.05, 4.69) is 41.0 Å². The maximum Gasteiger partial charge on any atom is 0.0688 e. The molecule has 0 fully saturated rings. The first-order chi connectivity index (χ1) is 7.58. The van der Waals surface area contributed by atoms with E-state index >= 15 is 0 Å². The van der Waals surface area contributed by atoms with Crippen LogP contribution in [0.4, 0.5) is 0 Å². The normalized spacial score (nSPS) is 14.2. The van der Waals surface area contributed by atoms with E-state index in [-0.39, 0.29) is 12.1 Å². The topological polar surface area (TPSA) is 12.0 Å². The molecule has 2 atom stereocenters. The highest BCUT2D eigenvalue weighted by atomic mass is 79.9. The monoisotopic (exact) mass is 299 g/mol. The fraction of sp³-hybridized carbons (Fsp3) is 0.385. The third kappa shape index (κ3) is 3.52. The van der Waals surface area contributed by atoms with Gasteiger partial charge in [0.25, 0.3) is 0 Å². The Labute approximate surface area is 111 Å². The zero-order chi connectivity index (χ0) is 12.1. The van der Waals surface area contributed by atoms with Gasteiger partial charge in [-0.25, -0.2) is 0 Å². The Hall–Kier alpha value is -0.490. The van der Waals surface area contributed by atoms with Crippen LogP contribution in [0.2, 0.25) is 5.02 Å². The SMILES string of the molecule is C#CC(CC)NC(C)c1ccc(Br)cc1Cl. The molecule has 1 nitrogen and oxygen atoms in total. The lowest BCUT2D eigenvalue weighted by Crippen LogP contribution is -2.29. The summed E-state index contributed by atoms with van der Waals surface area (Å²) >= 11 is 9.56. The smallest absolute Gasteiger partial charge is 0.0688 e. The maximum atomic E-state index is 6.17. The van der Waals surface area contributed by atoms with Crippen LogP contribution in [0, 0.1) is 12.3 Å². The van der Waals surface area contributed by atoms with Crippen LogP contribution in [0.3, 0.4) is 0 Å². The Morgan fingerprint density at radius 2 is 2.25 bits per heavy atom. The van der Waals surface area contributed by atoms with Crippen molar-refractivity contribution in [2.75, 3.05) is 0 Å². The van der Waals surface area contributed by atoms with E-state index in [0.29, 0.717) is 0 Å². The van der Waals surface area contributed by atoms with Gasteiger partial charge in [-0.3, -0.25) is 5.32 Å². The van der Waals surface area contributed by atoms with Crippen LogP contribution >= 0.6 is 27.5 Å². The van der Waals surface area contributed by atoms with Crippen LogP contribution in [-0.4, -0.2) is 6.04 Å². The van der Waals surface area contributed by atoms with Gasteiger partial charge in [0.05, 0.1) is 6.04 Å². The van der Waals surface area contributed by atoms with Crippen molar-refractivity contribution in [2.45, 2.75) is 32.4 Å². The fourth-order valence-corrected chi connectivity index (χ4v) is 2.37. The van der Waals surface area contributed by atoms with Crippen LogP contribution < -0.4 is 5.32 Å². The molecule has 0 spiro atoms. The maximum absolute atomic E-state index is 6.17. The lowest BCUT2D eigenvalue weighted by molar-refractivity contribution is 0.512. The quantitative estimate of drug-likeness (QED) is 0.823. The van der Waals surface area contributed by atoms with Crippen molar-refractivity contribution in [2.24, 2.45) is 0 Å². The van der Waals surface area contributed by atoms with E-state index in [0.717, 1.165) is 21.5 Å². The lowest BCUT2D eigenvalue weighted by atomic mass is 10.1. The summed E-state index contributed by atoms with van der Waals surface area (Å²) in [6.45, 7) is 4.13. The number of benzene rings is 1. The second-order valence-corrected chi connectivity index (χ2v) is 5.00. The van der Waals surface area contributed by atoms with Crippen LogP contribution in [0.1, 0.15) is 31.9 Å². The van der Waals surface area contributed by atoms with Crippen LogP contribution in [0.15, 0.2) is 22.7 Å². The molecule has 1 aromatic carbocycles. The van der Waals surface area contributed by atoms with Crippen molar-refractivity contribution >= 4 is 27.5 Å². The van der Waals surface area contributed by atoms with Crippen LogP contribution in [0.5, 0.6) is 0 Å². The van der Waals surface area contributed by atoms with Gasteiger partial charge in [-0.15, -0.1) is 6.42 Å². The molecule has 0 radical (unpaired) electrons. The fourth-order valence-electron chi connectivity index (χ4n) is 1.53. The third-order valence-electron chi connectivity index (χ3n) is 2.49. The van der Waals surface area contributed by atoms with Crippen molar-refractivity contribution in [1.29, 1.82) is 0 Å². The molecule has 3 heteroatoms. The van der Waals surface area contributed by atoms with Gasteiger partial charge in [0.2, 0.25) is 0 Å². The molecule has 1 N–H and O–H groups in total. The number of halogens is 2. The summed E-state index contributed by atoms with van der Waals surface area (Å²) in [5, 5.41) is 4.11. The Morgan fingerprint density at radius 1 is 1.56 bits per heavy atom. The number of hydrogen-bond donors (Lipinski definition) is 1. The Bertz CT molecular complexity index is 397. The molecule has 1 rings (SSSR count). The van der Waals surface area contributed by atoms with Crippen molar-refractivity contribution < 1.29 is 0 Å². The summed E-state index contributed by atoms with van der Waals surface area (Å²) in [7, 11) is 0. The zero-order valence-electron chi connectivity index (χ0n) is 9.43. The third-order valence-corrected chi connectivity index (χ3v) is 3.31. The van der Waals surface area contributed by atoms with Gasteiger partial charge in [-0.2, -0.15) is 0 Å². The van der Waals surface area contributed by atoms with Gasteiger partial charge in [-0.1, -0.05) is 46.4 Å². The molecule has 0 aliphatic carbocycles.